The minimum atomic E-state index is -0.891. The fourth-order valence-corrected chi connectivity index (χ4v) is 6.82. The van der Waals surface area contributed by atoms with Gasteiger partial charge in [0, 0.05) is 12.7 Å². The number of allylic oxidation sites excluding steroid dienone is 4. The third kappa shape index (κ3) is 39.6. The van der Waals surface area contributed by atoms with E-state index in [4.69, 9.17) is 5.11 Å². The van der Waals surface area contributed by atoms with E-state index in [1.165, 1.54) is 199 Å². The molecule has 51 heavy (non-hydrogen) atoms. The van der Waals surface area contributed by atoms with Crippen LogP contribution in [0.15, 0.2) is 36.5 Å². The van der Waals surface area contributed by atoms with Gasteiger partial charge in [0.05, 0.1) is 18.8 Å². The molecule has 0 rings (SSSR count). The Morgan fingerprint density at radius 1 is 0.490 bits per heavy atom. The molecule has 0 aliphatic heterocycles. The summed E-state index contributed by atoms with van der Waals surface area (Å²) in [4.78, 5) is 12.3. The highest BCUT2D eigenvalue weighted by Gasteiger charge is 2.16. The van der Waals surface area contributed by atoms with Gasteiger partial charge in [-0.15, -0.1) is 0 Å². The van der Waals surface area contributed by atoms with Crippen LogP contribution in [0.3, 0.4) is 0 Å². The van der Waals surface area contributed by atoms with Crippen molar-refractivity contribution in [1.29, 1.82) is 0 Å². The van der Waals surface area contributed by atoms with E-state index in [1.54, 1.807) is 12.2 Å². The number of nitrogens with one attached hydrogen (secondary N) is 1. The Balaban J connectivity index is 3.63. The Morgan fingerprint density at radius 3 is 1.22 bits per heavy atom. The molecule has 0 aliphatic rings. The first-order valence-corrected chi connectivity index (χ1v) is 22.4. The first-order valence-electron chi connectivity index (χ1n) is 22.4. The Kier molecular flexibility index (Phi) is 41.8. The molecule has 0 saturated heterocycles. The zero-order valence-electron chi connectivity index (χ0n) is 33.8. The Bertz CT molecular complexity index is 779. The Labute approximate surface area is 317 Å². The number of carbonyl (C=O) groups excluding carboxylic acids is 1. The maximum absolute atomic E-state index is 12.3. The number of hydrogen-bond acceptors (Lipinski definition) is 4. The van der Waals surface area contributed by atoms with Crippen LogP contribution in [0.4, 0.5) is 0 Å². The molecule has 0 heterocycles. The first kappa shape index (κ1) is 49.6. The van der Waals surface area contributed by atoms with Crippen molar-refractivity contribution in [2.45, 2.75) is 237 Å². The summed E-state index contributed by atoms with van der Waals surface area (Å²) in [6.07, 6.45) is 54.6. The second-order valence-corrected chi connectivity index (χ2v) is 15.3. The monoisotopic (exact) mass is 718 g/mol. The van der Waals surface area contributed by atoms with Crippen LogP contribution in [0, 0.1) is 0 Å². The number of aliphatic hydroxyl groups excluding tert-OH is 3. The van der Waals surface area contributed by atoms with E-state index >= 15 is 0 Å². The molecule has 0 aromatic rings. The van der Waals surface area contributed by atoms with Gasteiger partial charge in [0.2, 0.25) is 5.91 Å². The zero-order valence-corrected chi connectivity index (χ0v) is 33.8. The molecule has 0 saturated carbocycles. The number of unbranched alkanes of at least 4 members (excludes halogenated alkanes) is 32. The van der Waals surface area contributed by atoms with Gasteiger partial charge in [-0.1, -0.05) is 224 Å². The van der Waals surface area contributed by atoms with Crippen LogP contribution < -0.4 is 5.32 Å². The van der Waals surface area contributed by atoms with Gasteiger partial charge in [0.25, 0.3) is 0 Å². The smallest absolute Gasteiger partial charge is 0.244 e. The minimum absolute atomic E-state index is 0.297. The van der Waals surface area contributed by atoms with Crippen molar-refractivity contribution in [3.05, 3.63) is 36.5 Å². The fourth-order valence-electron chi connectivity index (χ4n) is 6.82. The highest BCUT2D eigenvalue weighted by molar-refractivity contribution is 5.88. The molecule has 300 valence electrons. The lowest BCUT2D eigenvalue weighted by Crippen LogP contribution is -2.44. The average Bonchev–Trinajstić information content (AvgIpc) is 3.13. The molecule has 0 fully saturated rings. The van der Waals surface area contributed by atoms with Crippen molar-refractivity contribution >= 4 is 5.91 Å². The van der Waals surface area contributed by atoms with E-state index in [0.717, 1.165) is 25.7 Å². The molecular weight excluding hydrogens is 631 g/mol. The third-order valence-electron chi connectivity index (χ3n) is 10.3. The molecule has 0 aromatic carbocycles. The third-order valence-corrected chi connectivity index (χ3v) is 10.3. The van der Waals surface area contributed by atoms with Gasteiger partial charge in [0.15, 0.2) is 0 Å². The summed E-state index contributed by atoms with van der Waals surface area (Å²) in [6, 6.07) is -0.698. The Hall–Kier alpha value is -1.43. The topological polar surface area (TPSA) is 89.8 Å². The molecule has 2 atom stereocenters. The van der Waals surface area contributed by atoms with Gasteiger partial charge in [-0.25, -0.2) is 0 Å². The minimum Gasteiger partial charge on any atom is -0.396 e. The maximum Gasteiger partial charge on any atom is 0.244 e. The number of rotatable bonds is 41. The molecule has 1 amide bonds. The normalized spacial score (nSPS) is 13.3. The largest absolute Gasteiger partial charge is 0.396 e. The summed E-state index contributed by atoms with van der Waals surface area (Å²) in [5.74, 6) is -0.297. The van der Waals surface area contributed by atoms with Gasteiger partial charge in [-0.05, 0) is 32.1 Å². The van der Waals surface area contributed by atoms with Crippen molar-refractivity contribution in [2.24, 2.45) is 0 Å². The van der Waals surface area contributed by atoms with Gasteiger partial charge >= 0.3 is 0 Å². The van der Waals surface area contributed by atoms with Crippen molar-refractivity contribution in [1.82, 2.24) is 5.32 Å². The van der Waals surface area contributed by atoms with Gasteiger partial charge < -0.3 is 20.6 Å². The molecular formula is C46H87NO4. The number of amides is 1. The van der Waals surface area contributed by atoms with Crippen molar-refractivity contribution in [3.8, 4) is 0 Å². The summed E-state index contributed by atoms with van der Waals surface area (Å²) in [6.45, 7) is 2.33. The number of hydrogen-bond donors (Lipinski definition) is 4. The molecule has 5 heteroatoms. The molecule has 0 spiro atoms. The molecule has 5 nitrogen and oxygen atoms in total. The SMILES string of the molecule is CCCCCCCCCCCCCCCCCCC=CC(O)C(CO)NC(=O)C=CC=CCCCCCCCCCCCCCCCCCCO. The molecule has 2 unspecified atom stereocenters. The van der Waals surface area contributed by atoms with Crippen LogP contribution in [0.25, 0.3) is 0 Å². The van der Waals surface area contributed by atoms with Crippen LogP contribution >= 0.6 is 0 Å². The van der Waals surface area contributed by atoms with E-state index in [9.17, 15) is 15.0 Å². The van der Waals surface area contributed by atoms with Crippen molar-refractivity contribution < 1.29 is 20.1 Å². The lowest BCUT2D eigenvalue weighted by Gasteiger charge is -2.18. The molecule has 0 aromatic heterocycles. The van der Waals surface area contributed by atoms with E-state index in [2.05, 4.69) is 18.3 Å². The lowest BCUT2D eigenvalue weighted by molar-refractivity contribution is -0.118. The van der Waals surface area contributed by atoms with Crippen molar-refractivity contribution in [2.75, 3.05) is 13.2 Å². The first-order chi connectivity index (χ1) is 25.2. The number of aliphatic hydroxyl groups is 3. The predicted octanol–water partition coefficient (Wildman–Crippen LogP) is 12.8. The zero-order chi connectivity index (χ0) is 37.1. The van der Waals surface area contributed by atoms with Crippen LogP contribution in [0.5, 0.6) is 0 Å². The van der Waals surface area contributed by atoms with Gasteiger partial charge in [-0.2, -0.15) is 0 Å². The van der Waals surface area contributed by atoms with E-state index < -0.39 is 12.1 Å². The second-order valence-electron chi connectivity index (χ2n) is 15.3. The van der Waals surface area contributed by atoms with E-state index in [1.807, 2.05) is 12.2 Å². The molecule has 0 radical (unpaired) electrons. The standard InChI is InChI=1S/C46H87NO4/c1-2-3-4-5-6-7-8-9-10-11-16-19-22-25-28-31-34-37-40-45(50)44(43-49)47-46(51)41-38-35-32-29-26-23-20-17-14-12-13-15-18-21-24-27-30-33-36-39-42-48/h32,35,37-38,40-41,44-45,48-50H,2-31,33-34,36,39,42-43H2,1H3,(H,47,51). The van der Waals surface area contributed by atoms with Crippen LogP contribution in [-0.2, 0) is 4.79 Å². The molecule has 0 aliphatic carbocycles. The van der Waals surface area contributed by atoms with Crippen molar-refractivity contribution in [3.63, 3.8) is 0 Å². The molecule has 0 bridgehead atoms. The Morgan fingerprint density at radius 2 is 0.843 bits per heavy atom. The summed E-state index contributed by atoms with van der Waals surface area (Å²) in [5, 5.41) is 31.7. The van der Waals surface area contributed by atoms with Crippen LogP contribution in [0.1, 0.15) is 225 Å². The summed E-state index contributed by atoms with van der Waals surface area (Å²) in [7, 11) is 0. The highest BCUT2D eigenvalue weighted by Crippen LogP contribution is 2.16. The second kappa shape index (κ2) is 43.0. The maximum atomic E-state index is 12.3. The van der Waals surface area contributed by atoms with Crippen LogP contribution in [0.2, 0.25) is 0 Å². The summed E-state index contributed by atoms with van der Waals surface area (Å²) in [5.41, 5.74) is 0. The van der Waals surface area contributed by atoms with Crippen LogP contribution in [-0.4, -0.2) is 46.6 Å². The summed E-state index contributed by atoms with van der Waals surface area (Å²) >= 11 is 0. The van der Waals surface area contributed by atoms with E-state index in [-0.39, 0.29) is 12.5 Å². The van der Waals surface area contributed by atoms with Gasteiger partial charge in [-0.3, -0.25) is 4.79 Å². The number of carbonyl (C=O) groups is 1. The predicted molar refractivity (Wildman–Crippen MR) is 222 cm³/mol. The fraction of sp³-hybridized carbons (Fsp3) is 0.848. The molecule has 4 N–H and O–H groups in total. The highest BCUT2D eigenvalue weighted by atomic mass is 16.3. The lowest BCUT2D eigenvalue weighted by atomic mass is 10.0. The summed E-state index contributed by atoms with van der Waals surface area (Å²) < 4.78 is 0. The quantitative estimate of drug-likeness (QED) is 0.0219. The van der Waals surface area contributed by atoms with Gasteiger partial charge in [0.1, 0.15) is 0 Å². The average molecular weight is 718 g/mol. The van der Waals surface area contributed by atoms with E-state index in [0.29, 0.717) is 6.61 Å².